The molecule has 0 aromatic carbocycles. The Hall–Kier alpha value is -2.70. The molecule has 0 saturated carbocycles. The van der Waals surface area contributed by atoms with Gasteiger partial charge in [-0.1, -0.05) is 27.7 Å². The molecule has 3 rings (SSSR count). The van der Waals surface area contributed by atoms with Gasteiger partial charge in [0, 0.05) is 36.3 Å². The molecular formula is C17H22N6O. The highest BCUT2D eigenvalue weighted by atomic mass is 16.1. The number of rotatable bonds is 5. The normalized spacial score (nSPS) is 11.6. The minimum absolute atomic E-state index is 0.0570. The maximum Gasteiger partial charge on any atom is 0.256 e. The van der Waals surface area contributed by atoms with Crippen molar-refractivity contribution < 1.29 is 0 Å². The van der Waals surface area contributed by atoms with Gasteiger partial charge in [0.2, 0.25) is 5.95 Å². The van der Waals surface area contributed by atoms with Crippen LogP contribution in [0.25, 0.3) is 17.2 Å². The van der Waals surface area contributed by atoms with Crippen LogP contribution < -0.4 is 5.56 Å². The summed E-state index contributed by atoms with van der Waals surface area (Å²) in [5.41, 5.74) is 2.07. The Labute approximate surface area is 140 Å². The number of imidazole rings is 1. The summed E-state index contributed by atoms with van der Waals surface area (Å²) in [6.45, 7) is 9.10. The Kier molecular flexibility index (Phi) is 4.33. The van der Waals surface area contributed by atoms with Crippen molar-refractivity contribution in [3.8, 4) is 17.2 Å². The Balaban J connectivity index is 2.14. The lowest BCUT2D eigenvalue weighted by molar-refractivity contribution is 0.483. The van der Waals surface area contributed by atoms with E-state index in [1.54, 1.807) is 29.5 Å². The van der Waals surface area contributed by atoms with Gasteiger partial charge in [-0.15, -0.1) is 0 Å². The topological polar surface area (TPSA) is 81.4 Å². The van der Waals surface area contributed by atoms with E-state index in [1.807, 2.05) is 24.7 Å². The molecule has 24 heavy (non-hydrogen) atoms. The zero-order valence-electron chi connectivity index (χ0n) is 14.4. The third-order valence-corrected chi connectivity index (χ3v) is 3.73. The number of aromatic amines is 1. The maximum atomic E-state index is 12.6. The van der Waals surface area contributed by atoms with Crippen molar-refractivity contribution in [2.75, 3.05) is 0 Å². The van der Waals surface area contributed by atoms with Gasteiger partial charge in [-0.2, -0.15) is 5.10 Å². The van der Waals surface area contributed by atoms with E-state index in [0.29, 0.717) is 23.1 Å². The standard InChI is InChI=1S/C17H22N6O/c1-11(2)8-23-9-13(7-19-23)15-14(12(3)4)16(24)21-17(20-15)22-6-5-18-10-22/h5-7,9-12H,8H2,1-4H3,(H,20,21,24). The van der Waals surface area contributed by atoms with Crippen LogP contribution in [0.15, 0.2) is 35.9 Å². The average molecular weight is 326 g/mol. The molecule has 7 nitrogen and oxygen atoms in total. The summed E-state index contributed by atoms with van der Waals surface area (Å²) in [4.78, 5) is 24.1. The molecule has 3 aromatic rings. The Morgan fingerprint density at radius 2 is 2.04 bits per heavy atom. The van der Waals surface area contributed by atoms with Gasteiger partial charge in [0.05, 0.1) is 11.9 Å². The van der Waals surface area contributed by atoms with Crippen LogP contribution >= 0.6 is 0 Å². The minimum Gasteiger partial charge on any atom is -0.292 e. The molecule has 0 atom stereocenters. The summed E-state index contributed by atoms with van der Waals surface area (Å²) < 4.78 is 3.58. The summed E-state index contributed by atoms with van der Waals surface area (Å²) in [7, 11) is 0. The van der Waals surface area contributed by atoms with Gasteiger partial charge in [-0.25, -0.2) is 9.97 Å². The van der Waals surface area contributed by atoms with Crippen LogP contribution in [0.1, 0.15) is 39.2 Å². The van der Waals surface area contributed by atoms with Crippen molar-refractivity contribution in [1.29, 1.82) is 0 Å². The molecule has 0 amide bonds. The third kappa shape index (κ3) is 3.15. The van der Waals surface area contributed by atoms with Crippen LogP contribution in [0.3, 0.4) is 0 Å². The fourth-order valence-corrected chi connectivity index (χ4v) is 2.69. The van der Waals surface area contributed by atoms with Crippen LogP contribution in [-0.4, -0.2) is 29.3 Å². The van der Waals surface area contributed by atoms with Gasteiger partial charge in [0.1, 0.15) is 6.33 Å². The molecule has 0 fully saturated rings. The van der Waals surface area contributed by atoms with Gasteiger partial charge in [-0.3, -0.25) is 19.0 Å². The van der Waals surface area contributed by atoms with Crippen molar-refractivity contribution in [3.63, 3.8) is 0 Å². The smallest absolute Gasteiger partial charge is 0.256 e. The second kappa shape index (κ2) is 6.43. The minimum atomic E-state index is -0.129. The van der Waals surface area contributed by atoms with Crippen LogP contribution in [-0.2, 0) is 6.54 Å². The first-order chi connectivity index (χ1) is 11.5. The van der Waals surface area contributed by atoms with Crippen molar-refractivity contribution in [2.45, 2.75) is 40.2 Å². The average Bonchev–Trinajstić information content (AvgIpc) is 3.16. The van der Waals surface area contributed by atoms with Gasteiger partial charge in [-0.05, 0) is 11.8 Å². The highest BCUT2D eigenvalue weighted by Gasteiger charge is 2.18. The molecule has 126 valence electrons. The number of nitrogens with one attached hydrogen (secondary N) is 1. The maximum absolute atomic E-state index is 12.6. The second-order valence-corrected chi connectivity index (χ2v) is 6.62. The molecule has 0 unspecified atom stereocenters. The number of H-pyrrole nitrogens is 1. The molecule has 7 heteroatoms. The number of nitrogens with zero attached hydrogens (tertiary/aromatic N) is 5. The SMILES string of the molecule is CC(C)Cn1cc(-c2nc(-n3ccnc3)[nH]c(=O)c2C(C)C)cn1. The molecule has 0 aliphatic rings. The van der Waals surface area contributed by atoms with Crippen molar-refractivity contribution >= 4 is 0 Å². The largest absolute Gasteiger partial charge is 0.292 e. The summed E-state index contributed by atoms with van der Waals surface area (Å²) in [6, 6.07) is 0. The molecular weight excluding hydrogens is 304 g/mol. The molecule has 0 radical (unpaired) electrons. The highest BCUT2D eigenvalue weighted by Crippen LogP contribution is 2.25. The fraction of sp³-hybridized carbons (Fsp3) is 0.412. The summed E-state index contributed by atoms with van der Waals surface area (Å²) in [5, 5.41) is 4.40. The second-order valence-electron chi connectivity index (χ2n) is 6.62. The van der Waals surface area contributed by atoms with Crippen molar-refractivity contribution in [1.82, 2.24) is 29.3 Å². The lowest BCUT2D eigenvalue weighted by Gasteiger charge is -2.12. The van der Waals surface area contributed by atoms with Gasteiger partial charge in [0.15, 0.2) is 0 Å². The molecule has 0 aliphatic heterocycles. The molecule has 0 spiro atoms. The van der Waals surface area contributed by atoms with E-state index in [0.717, 1.165) is 12.1 Å². The molecule has 0 aliphatic carbocycles. The predicted molar refractivity (Wildman–Crippen MR) is 92.1 cm³/mol. The highest BCUT2D eigenvalue weighted by molar-refractivity contribution is 5.62. The monoisotopic (exact) mass is 326 g/mol. The van der Waals surface area contributed by atoms with E-state index in [-0.39, 0.29) is 11.5 Å². The lowest BCUT2D eigenvalue weighted by atomic mass is 10.00. The van der Waals surface area contributed by atoms with Crippen molar-refractivity contribution in [2.24, 2.45) is 5.92 Å². The van der Waals surface area contributed by atoms with Crippen LogP contribution in [0.5, 0.6) is 0 Å². The first-order valence-electron chi connectivity index (χ1n) is 8.11. The van der Waals surface area contributed by atoms with E-state index in [9.17, 15) is 4.79 Å². The fourth-order valence-electron chi connectivity index (χ4n) is 2.69. The first-order valence-corrected chi connectivity index (χ1v) is 8.11. The number of aromatic nitrogens is 6. The van der Waals surface area contributed by atoms with Gasteiger partial charge < -0.3 is 0 Å². The van der Waals surface area contributed by atoms with Gasteiger partial charge in [0.25, 0.3) is 5.56 Å². The molecule has 1 N–H and O–H groups in total. The summed E-state index contributed by atoms with van der Waals surface area (Å²) in [6.07, 6.45) is 8.73. The van der Waals surface area contributed by atoms with Crippen LogP contribution in [0.4, 0.5) is 0 Å². The van der Waals surface area contributed by atoms with Gasteiger partial charge >= 0.3 is 0 Å². The van der Waals surface area contributed by atoms with Crippen molar-refractivity contribution in [3.05, 3.63) is 47.0 Å². The Morgan fingerprint density at radius 1 is 1.25 bits per heavy atom. The van der Waals surface area contributed by atoms with E-state index in [2.05, 4.69) is 33.9 Å². The molecule has 0 bridgehead atoms. The quantitative estimate of drug-likeness (QED) is 0.781. The summed E-state index contributed by atoms with van der Waals surface area (Å²) >= 11 is 0. The van der Waals surface area contributed by atoms with E-state index in [4.69, 9.17) is 0 Å². The lowest BCUT2D eigenvalue weighted by Crippen LogP contribution is -2.20. The zero-order valence-corrected chi connectivity index (χ0v) is 14.4. The Morgan fingerprint density at radius 3 is 2.67 bits per heavy atom. The number of hydrogen-bond acceptors (Lipinski definition) is 4. The van der Waals surface area contributed by atoms with E-state index in [1.165, 1.54) is 0 Å². The zero-order chi connectivity index (χ0) is 17.3. The van der Waals surface area contributed by atoms with Crippen LogP contribution in [0.2, 0.25) is 0 Å². The van der Waals surface area contributed by atoms with E-state index < -0.39 is 0 Å². The molecule has 3 heterocycles. The molecule has 0 saturated heterocycles. The Bertz CT molecular complexity index is 873. The van der Waals surface area contributed by atoms with E-state index >= 15 is 0 Å². The van der Waals surface area contributed by atoms with Crippen LogP contribution in [0, 0.1) is 5.92 Å². The summed E-state index contributed by atoms with van der Waals surface area (Å²) in [5.74, 6) is 1.01. The first kappa shape index (κ1) is 16.2. The third-order valence-electron chi connectivity index (χ3n) is 3.73. The predicted octanol–water partition coefficient (Wildman–Crippen LogP) is 2.60. The number of hydrogen-bond donors (Lipinski definition) is 1. The molecule has 3 aromatic heterocycles.